The third-order valence-corrected chi connectivity index (χ3v) is 5.71. The van der Waals surface area contributed by atoms with Gasteiger partial charge in [-0.2, -0.15) is 0 Å². The summed E-state index contributed by atoms with van der Waals surface area (Å²) in [5.74, 6) is 0.204. The van der Waals surface area contributed by atoms with Gasteiger partial charge in [-0.05, 0) is 47.9 Å². The Morgan fingerprint density at radius 1 is 1.21 bits per heavy atom. The van der Waals surface area contributed by atoms with Crippen LogP contribution in [0.3, 0.4) is 0 Å². The number of aliphatic hydroxyl groups is 1. The standard InChI is InChI=1S/C23H30N2O3/c1-17(2)21(16-26)25-22(27)23(8-11-28-12-9-23)14-18-5-3-6-19(13-18)20-7-4-10-24-15-20/h3-7,10,13,15,17,21,26H,8-9,11-12,14,16H2,1-2H3,(H,25,27)/t21-/m1/s1. The van der Waals surface area contributed by atoms with Crippen LogP contribution in [0.2, 0.25) is 0 Å². The van der Waals surface area contributed by atoms with E-state index < -0.39 is 5.41 Å². The van der Waals surface area contributed by atoms with Crippen LogP contribution in [-0.2, 0) is 16.0 Å². The molecule has 5 heteroatoms. The van der Waals surface area contributed by atoms with E-state index in [4.69, 9.17) is 4.74 Å². The minimum atomic E-state index is -0.506. The van der Waals surface area contributed by atoms with Gasteiger partial charge in [0.2, 0.25) is 5.91 Å². The Kier molecular flexibility index (Phi) is 6.81. The predicted molar refractivity (Wildman–Crippen MR) is 110 cm³/mol. The minimum absolute atomic E-state index is 0.0235. The predicted octanol–water partition coefficient (Wildman–Crippen LogP) is 3.22. The summed E-state index contributed by atoms with van der Waals surface area (Å²) in [4.78, 5) is 17.5. The summed E-state index contributed by atoms with van der Waals surface area (Å²) in [6, 6.07) is 12.1. The molecule has 1 aromatic carbocycles. The number of hydrogen-bond acceptors (Lipinski definition) is 4. The molecule has 0 unspecified atom stereocenters. The first kappa shape index (κ1) is 20.5. The molecule has 0 saturated carbocycles. The van der Waals surface area contributed by atoms with Crippen LogP contribution in [0.1, 0.15) is 32.3 Å². The Labute approximate surface area is 167 Å². The Bertz CT molecular complexity index is 770. The number of nitrogens with one attached hydrogen (secondary N) is 1. The molecule has 1 amide bonds. The lowest BCUT2D eigenvalue weighted by Gasteiger charge is -2.37. The van der Waals surface area contributed by atoms with Gasteiger partial charge in [0.1, 0.15) is 0 Å². The molecule has 0 aliphatic carbocycles. The number of hydrogen-bond donors (Lipinski definition) is 2. The molecule has 1 aliphatic rings. The van der Waals surface area contributed by atoms with Crippen molar-refractivity contribution in [2.45, 2.75) is 39.2 Å². The molecule has 1 saturated heterocycles. The van der Waals surface area contributed by atoms with Gasteiger partial charge in [-0.25, -0.2) is 0 Å². The summed E-state index contributed by atoms with van der Waals surface area (Å²) >= 11 is 0. The molecule has 0 bridgehead atoms. The quantitative estimate of drug-likeness (QED) is 0.771. The van der Waals surface area contributed by atoms with Gasteiger partial charge >= 0.3 is 0 Å². The number of benzene rings is 1. The first-order valence-electron chi connectivity index (χ1n) is 10.0. The van der Waals surface area contributed by atoms with E-state index in [1.807, 2.05) is 38.2 Å². The molecule has 0 radical (unpaired) electrons. The average Bonchev–Trinajstić information content (AvgIpc) is 2.73. The SMILES string of the molecule is CC(C)[C@@H](CO)NC(=O)C1(Cc2cccc(-c3cccnc3)c2)CCOCC1. The number of aliphatic hydroxyl groups excluding tert-OH is 1. The zero-order valence-corrected chi connectivity index (χ0v) is 16.7. The third-order valence-electron chi connectivity index (χ3n) is 5.71. The molecular weight excluding hydrogens is 352 g/mol. The lowest BCUT2D eigenvalue weighted by atomic mass is 9.74. The number of nitrogens with zero attached hydrogens (tertiary/aromatic N) is 1. The molecule has 5 nitrogen and oxygen atoms in total. The largest absolute Gasteiger partial charge is 0.394 e. The van der Waals surface area contributed by atoms with E-state index >= 15 is 0 Å². The van der Waals surface area contributed by atoms with Gasteiger partial charge < -0.3 is 15.2 Å². The summed E-state index contributed by atoms with van der Waals surface area (Å²) in [5, 5.41) is 12.7. The lowest BCUT2D eigenvalue weighted by molar-refractivity contribution is -0.138. The summed E-state index contributed by atoms with van der Waals surface area (Å²) in [6.07, 6.45) is 5.65. The van der Waals surface area contributed by atoms with E-state index in [0.29, 0.717) is 32.5 Å². The van der Waals surface area contributed by atoms with Crippen molar-refractivity contribution >= 4 is 5.91 Å². The Morgan fingerprint density at radius 3 is 2.61 bits per heavy atom. The summed E-state index contributed by atoms with van der Waals surface area (Å²) in [5.41, 5.74) is 2.79. The molecule has 2 N–H and O–H groups in total. The minimum Gasteiger partial charge on any atom is -0.394 e. The van der Waals surface area contributed by atoms with Crippen LogP contribution in [0, 0.1) is 11.3 Å². The number of ether oxygens (including phenoxy) is 1. The zero-order valence-electron chi connectivity index (χ0n) is 16.7. The van der Waals surface area contributed by atoms with Crippen LogP contribution < -0.4 is 5.32 Å². The highest BCUT2D eigenvalue weighted by Gasteiger charge is 2.41. The van der Waals surface area contributed by atoms with E-state index in [1.54, 1.807) is 6.20 Å². The normalized spacial score (nSPS) is 17.3. The Hall–Kier alpha value is -2.24. The van der Waals surface area contributed by atoms with Crippen molar-refractivity contribution in [2.24, 2.45) is 11.3 Å². The number of rotatable bonds is 7. The highest BCUT2D eigenvalue weighted by Crippen LogP contribution is 2.36. The maximum atomic E-state index is 13.3. The molecule has 28 heavy (non-hydrogen) atoms. The van der Waals surface area contributed by atoms with E-state index in [-0.39, 0.29) is 24.5 Å². The zero-order chi connectivity index (χ0) is 20.0. The van der Waals surface area contributed by atoms with Crippen molar-refractivity contribution < 1.29 is 14.6 Å². The lowest BCUT2D eigenvalue weighted by Crippen LogP contribution is -2.51. The van der Waals surface area contributed by atoms with Crippen molar-refractivity contribution in [1.82, 2.24) is 10.3 Å². The molecule has 1 aliphatic heterocycles. The van der Waals surface area contributed by atoms with Crippen molar-refractivity contribution in [3.8, 4) is 11.1 Å². The van der Waals surface area contributed by atoms with Crippen LogP contribution in [0.15, 0.2) is 48.8 Å². The second kappa shape index (κ2) is 9.30. The van der Waals surface area contributed by atoms with Crippen molar-refractivity contribution in [3.63, 3.8) is 0 Å². The fourth-order valence-corrected chi connectivity index (χ4v) is 3.78. The molecule has 150 valence electrons. The maximum absolute atomic E-state index is 13.3. The van der Waals surface area contributed by atoms with Gasteiger partial charge in [0.15, 0.2) is 0 Å². The first-order chi connectivity index (χ1) is 13.5. The monoisotopic (exact) mass is 382 g/mol. The second-order valence-electron chi connectivity index (χ2n) is 8.02. The summed E-state index contributed by atoms with van der Waals surface area (Å²) in [6.45, 7) is 5.14. The molecule has 1 atom stereocenters. The molecule has 1 fully saturated rings. The van der Waals surface area contributed by atoms with Crippen molar-refractivity contribution in [2.75, 3.05) is 19.8 Å². The molecule has 2 heterocycles. The topological polar surface area (TPSA) is 71.5 Å². The van der Waals surface area contributed by atoms with Crippen LogP contribution in [0.5, 0.6) is 0 Å². The Balaban J connectivity index is 1.84. The fraction of sp³-hybridized carbons (Fsp3) is 0.478. The fourth-order valence-electron chi connectivity index (χ4n) is 3.78. The first-order valence-corrected chi connectivity index (χ1v) is 10.0. The van der Waals surface area contributed by atoms with E-state index in [9.17, 15) is 9.90 Å². The summed E-state index contributed by atoms with van der Waals surface area (Å²) in [7, 11) is 0. The molecule has 3 rings (SSSR count). The summed E-state index contributed by atoms with van der Waals surface area (Å²) < 4.78 is 5.55. The van der Waals surface area contributed by atoms with Crippen molar-refractivity contribution in [3.05, 3.63) is 54.4 Å². The molecule has 1 aromatic heterocycles. The van der Waals surface area contributed by atoms with Crippen LogP contribution >= 0.6 is 0 Å². The average molecular weight is 383 g/mol. The molecule has 0 spiro atoms. The number of carbonyl (C=O) groups excluding carboxylic acids is 1. The van der Waals surface area contributed by atoms with E-state index in [2.05, 4.69) is 28.5 Å². The van der Waals surface area contributed by atoms with Crippen LogP contribution in [0.25, 0.3) is 11.1 Å². The van der Waals surface area contributed by atoms with Gasteiger partial charge in [0.25, 0.3) is 0 Å². The Morgan fingerprint density at radius 2 is 1.96 bits per heavy atom. The van der Waals surface area contributed by atoms with Crippen molar-refractivity contribution in [1.29, 1.82) is 0 Å². The van der Waals surface area contributed by atoms with E-state index in [0.717, 1.165) is 16.7 Å². The van der Waals surface area contributed by atoms with Gasteiger partial charge in [0, 0.05) is 25.6 Å². The number of carbonyl (C=O) groups is 1. The highest BCUT2D eigenvalue weighted by atomic mass is 16.5. The molecule has 2 aromatic rings. The third kappa shape index (κ3) is 4.78. The number of aromatic nitrogens is 1. The number of amides is 1. The highest BCUT2D eigenvalue weighted by molar-refractivity contribution is 5.83. The maximum Gasteiger partial charge on any atom is 0.227 e. The molecular formula is C23H30N2O3. The van der Waals surface area contributed by atoms with Gasteiger partial charge in [-0.15, -0.1) is 0 Å². The van der Waals surface area contributed by atoms with Gasteiger partial charge in [-0.3, -0.25) is 9.78 Å². The second-order valence-corrected chi connectivity index (χ2v) is 8.02. The van der Waals surface area contributed by atoms with Gasteiger partial charge in [-0.1, -0.05) is 44.2 Å². The van der Waals surface area contributed by atoms with E-state index in [1.165, 1.54) is 0 Å². The van der Waals surface area contributed by atoms with Crippen LogP contribution in [-0.4, -0.2) is 41.9 Å². The smallest absolute Gasteiger partial charge is 0.227 e. The van der Waals surface area contributed by atoms with Crippen LogP contribution in [0.4, 0.5) is 0 Å². The van der Waals surface area contributed by atoms with Gasteiger partial charge in [0.05, 0.1) is 18.1 Å². The number of pyridine rings is 1.